The lowest BCUT2D eigenvalue weighted by atomic mass is 9.48. The third kappa shape index (κ3) is 4.27. The maximum absolute atomic E-state index is 12.6. The van der Waals surface area contributed by atoms with E-state index in [1.54, 1.807) is 6.07 Å². The molecule has 0 spiro atoms. The standard InChI is InChI=1S/C27H40N4O3/c1-18(27-15-19-11-20(16-27)13-21(12-19)17-27)28-23-14-22(5-6-24(23)31(33)34)29-7-9-30(10-8-29)25(32)26(2,3)4/h5-6,14,18-21,28H,7-13,15-17H2,1-4H3/t18-,19?,20?,21?,27?/m0/s1. The summed E-state index contributed by atoms with van der Waals surface area (Å²) in [6.07, 6.45) is 7.99. The average Bonchev–Trinajstić information content (AvgIpc) is 2.77. The molecule has 7 nitrogen and oxygen atoms in total. The molecular weight excluding hydrogens is 428 g/mol. The molecule has 1 heterocycles. The molecule has 4 saturated carbocycles. The number of nitro benzene ring substituents is 1. The number of hydrogen-bond acceptors (Lipinski definition) is 5. The maximum atomic E-state index is 12.6. The zero-order valence-electron chi connectivity index (χ0n) is 21.2. The van der Waals surface area contributed by atoms with Gasteiger partial charge < -0.3 is 15.1 Å². The highest BCUT2D eigenvalue weighted by atomic mass is 16.6. The monoisotopic (exact) mass is 468 g/mol. The van der Waals surface area contributed by atoms with E-state index >= 15 is 0 Å². The van der Waals surface area contributed by atoms with Crippen LogP contribution in [-0.2, 0) is 4.79 Å². The average molecular weight is 469 g/mol. The molecule has 6 rings (SSSR count). The fraction of sp³-hybridized carbons (Fsp3) is 0.741. The van der Waals surface area contributed by atoms with E-state index in [4.69, 9.17) is 0 Å². The van der Waals surface area contributed by atoms with E-state index < -0.39 is 0 Å². The fourth-order valence-electron chi connectivity index (χ4n) is 7.73. The Balaban J connectivity index is 1.32. The SMILES string of the molecule is C[C@H](Nc1cc(N2CCN(C(=O)C(C)(C)C)CC2)ccc1[N+](=O)[O-])C12CC3CC(CC(C3)C1)C2. The Morgan fingerprint density at radius 3 is 2.12 bits per heavy atom. The quantitative estimate of drug-likeness (QED) is 0.468. The summed E-state index contributed by atoms with van der Waals surface area (Å²) in [6, 6.07) is 5.70. The van der Waals surface area contributed by atoms with E-state index in [9.17, 15) is 14.9 Å². The van der Waals surface area contributed by atoms with E-state index in [1.165, 1.54) is 38.5 Å². The molecule has 5 aliphatic rings. The normalized spacial score (nSPS) is 31.5. The predicted octanol–water partition coefficient (Wildman–Crippen LogP) is 5.31. The lowest BCUT2D eigenvalue weighted by Crippen LogP contribution is -2.53. The lowest BCUT2D eigenvalue weighted by Gasteiger charge is -2.59. The van der Waals surface area contributed by atoms with Gasteiger partial charge in [-0.05, 0) is 80.8 Å². The number of amides is 1. The fourth-order valence-corrected chi connectivity index (χ4v) is 7.73. The Kier molecular flexibility index (Phi) is 5.80. The number of carbonyl (C=O) groups excluding carboxylic acids is 1. The van der Waals surface area contributed by atoms with Crippen LogP contribution in [0, 0.1) is 38.7 Å². The van der Waals surface area contributed by atoms with Gasteiger partial charge in [0.05, 0.1) is 4.92 Å². The van der Waals surface area contributed by atoms with Gasteiger partial charge in [0.1, 0.15) is 5.69 Å². The molecule has 0 unspecified atom stereocenters. The number of benzene rings is 1. The van der Waals surface area contributed by atoms with E-state index in [0.717, 1.165) is 36.5 Å². The summed E-state index contributed by atoms with van der Waals surface area (Å²) in [7, 11) is 0. The second kappa shape index (κ2) is 8.42. The number of hydrogen-bond donors (Lipinski definition) is 1. The minimum atomic E-state index is -0.375. The first-order valence-electron chi connectivity index (χ1n) is 13.1. The van der Waals surface area contributed by atoms with Crippen molar-refractivity contribution in [3.63, 3.8) is 0 Å². The van der Waals surface area contributed by atoms with Crippen molar-refractivity contribution in [3.05, 3.63) is 28.3 Å². The van der Waals surface area contributed by atoms with Crippen molar-refractivity contribution >= 4 is 23.0 Å². The molecule has 7 heteroatoms. The summed E-state index contributed by atoms with van der Waals surface area (Å²) in [5, 5.41) is 15.5. The molecule has 1 atom stereocenters. The zero-order chi connectivity index (χ0) is 24.3. The predicted molar refractivity (Wildman–Crippen MR) is 135 cm³/mol. The molecule has 1 aliphatic heterocycles. The van der Waals surface area contributed by atoms with Crippen LogP contribution in [-0.4, -0.2) is 48.0 Å². The minimum absolute atomic E-state index is 0.155. The van der Waals surface area contributed by atoms with Crippen LogP contribution in [0.5, 0.6) is 0 Å². The lowest BCUT2D eigenvalue weighted by molar-refractivity contribution is -0.384. The largest absolute Gasteiger partial charge is 0.376 e. The first-order chi connectivity index (χ1) is 16.0. The van der Waals surface area contributed by atoms with Crippen LogP contribution >= 0.6 is 0 Å². The van der Waals surface area contributed by atoms with Crippen molar-refractivity contribution in [2.24, 2.45) is 28.6 Å². The topological polar surface area (TPSA) is 78.7 Å². The highest BCUT2D eigenvalue weighted by molar-refractivity contribution is 5.82. The van der Waals surface area contributed by atoms with Gasteiger partial charge in [0, 0.05) is 49.4 Å². The van der Waals surface area contributed by atoms with Gasteiger partial charge in [0.2, 0.25) is 5.91 Å². The third-order valence-electron chi connectivity index (χ3n) is 9.13. The molecule has 1 N–H and O–H groups in total. The summed E-state index contributed by atoms with van der Waals surface area (Å²) in [5.41, 5.74) is 1.69. The number of nitro groups is 1. The number of piperazine rings is 1. The van der Waals surface area contributed by atoms with Crippen LogP contribution in [0.3, 0.4) is 0 Å². The van der Waals surface area contributed by atoms with E-state index in [0.29, 0.717) is 18.8 Å². The molecule has 1 aromatic carbocycles. The van der Waals surface area contributed by atoms with E-state index in [2.05, 4.69) is 17.1 Å². The number of nitrogens with one attached hydrogen (secondary N) is 1. The highest BCUT2D eigenvalue weighted by Crippen LogP contribution is 2.61. The molecule has 4 bridgehead atoms. The van der Waals surface area contributed by atoms with Crippen LogP contribution in [0.1, 0.15) is 66.2 Å². The van der Waals surface area contributed by atoms with Crippen LogP contribution in [0.25, 0.3) is 0 Å². The van der Waals surface area contributed by atoms with Crippen molar-refractivity contribution in [1.82, 2.24) is 4.90 Å². The van der Waals surface area contributed by atoms with Gasteiger partial charge in [-0.15, -0.1) is 0 Å². The van der Waals surface area contributed by atoms with Crippen molar-refractivity contribution in [2.45, 2.75) is 72.3 Å². The minimum Gasteiger partial charge on any atom is -0.376 e. The van der Waals surface area contributed by atoms with Crippen molar-refractivity contribution in [1.29, 1.82) is 0 Å². The van der Waals surface area contributed by atoms with E-state index in [-0.39, 0.29) is 33.4 Å². The molecule has 5 fully saturated rings. The van der Waals surface area contributed by atoms with Crippen molar-refractivity contribution < 1.29 is 9.72 Å². The Labute approximate surface area is 203 Å². The Hall–Kier alpha value is -2.31. The Bertz CT molecular complexity index is 926. The summed E-state index contributed by atoms with van der Waals surface area (Å²) in [4.78, 5) is 28.4. The summed E-state index contributed by atoms with van der Waals surface area (Å²) in [6.45, 7) is 11.0. The van der Waals surface area contributed by atoms with Crippen LogP contribution in [0.15, 0.2) is 18.2 Å². The molecule has 0 radical (unpaired) electrons. The second-order valence-electron chi connectivity index (χ2n) is 12.6. The molecule has 186 valence electrons. The number of nitrogens with zero attached hydrogens (tertiary/aromatic N) is 3. The zero-order valence-corrected chi connectivity index (χ0v) is 21.2. The molecule has 0 aromatic heterocycles. The molecule has 1 saturated heterocycles. The maximum Gasteiger partial charge on any atom is 0.292 e. The smallest absolute Gasteiger partial charge is 0.292 e. The second-order valence-corrected chi connectivity index (χ2v) is 12.6. The van der Waals surface area contributed by atoms with Gasteiger partial charge in [-0.25, -0.2) is 0 Å². The van der Waals surface area contributed by atoms with Crippen LogP contribution < -0.4 is 10.2 Å². The Morgan fingerprint density at radius 1 is 1.06 bits per heavy atom. The van der Waals surface area contributed by atoms with Crippen LogP contribution in [0.4, 0.5) is 17.1 Å². The van der Waals surface area contributed by atoms with Gasteiger partial charge >= 0.3 is 0 Å². The van der Waals surface area contributed by atoms with E-state index in [1.807, 2.05) is 37.8 Å². The van der Waals surface area contributed by atoms with Gasteiger partial charge in [-0.3, -0.25) is 14.9 Å². The van der Waals surface area contributed by atoms with Gasteiger partial charge in [0.25, 0.3) is 5.69 Å². The summed E-state index contributed by atoms with van der Waals surface area (Å²) < 4.78 is 0. The summed E-state index contributed by atoms with van der Waals surface area (Å²) in [5.74, 6) is 2.74. The third-order valence-corrected chi connectivity index (χ3v) is 9.13. The van der Waals surface area contributed by atoms with Gasteiger partial charge in [0.15, 0.2) is 0 Å². The molecule has 1 aromatic rings. The van der Waals surface area contributed by atoms with Crippen molar-refractivity contribution in [3.8, 4) is 0 Å². The highest BCUT2D eigenvalue weighted by Gasteiger charge is 2.53. The van der Waals surface area contributed by atoms with Gasteiger partial charge in [-0.2, -0.15) is 0 Å². The first-order valence-corrected chi connectivity index (χ1v) is 13.1. The molecule has 4 aliphatic carbocycles. The molecule has 34 heavy (non-hydrogen) atoms. The first kappa shape index (κ1) is 23.4. The van der Waals surface area contributed by atoms with Gasteiger partial charge in [-0.1, -0.05) is 20.8 Å². The number of carbonyl (C=O) groups is 1. The number of anilines is 2. The summed E-state index contributed by atoms with van der Waals surface area (Å²) >= 11 is 0. The molecular formula is C27H40N4O3. The number of rotatable bonds is 5. The van der Waals surface area contributed by atoms with Crippen LogP contribution in [0.2, 0.25) is 0 Å². The van der Waals surface area contributed by atoms with Crippen molar-refractivity contribution in [2.75, 3.05) is 36.4 Å². The molecule has 1 amide bonds. The Morgan fingerprint density at radius 2 is 1.62 bits per heavy atom.